The number of carbonyl (C=O) groups is 3. The van der Waals surface area contributed by atoms with Crippen LogP contribution < -0.4 is 5.73 Å². The van der Waals surface area contributed by atoms with Gasteiger partial charge in [0.05, 0.1) is 19.3 Å². The molecule has 0 bridgehead atoms. The fourth-order valence-corrected chi connectivity index (χ4v) is 5.76. The Kier molecular flexibility index (Phi) is 39.9. The van der Waals surface area contributed by atoms with E-state index in [0.29, 0.717) is 19.3 Å². The van der Waals surface area contributed by atoms with Gasteiger partial charge in [-0.25, -0.2) is 4.57 Å². The average molecular weight is 898 g/mol. The van der Waals surface area contributed by atoms with Gasteiger partial charge in [-0.1, -0.05) is 160 Å². The number of esters is 2. The van der Waals surface area contributed by atoms with E-state index >= 15 is 0 Å². The maximum Gasteiger partial charge on any atom is 0.472 e. The highest BCUT2D eigenvalue weighted by Crippen LogP contribution is 2.43. The van der Waals surface area contributed by atoms with E-state index in [1.807, 2.05) is 30.4 Å². The van der Waals surface area contributed by atoms with Crippen LogP contribution in [-0.4, -0.2) is 71.1 Å². The quantitative estimate of drug-likeness (QED) is 0.0150. The molecule has 2 unspecified atom stereocenters. The van der Waals surface area contributed by atoms with Gasteiger partial charge in [-0.3, -0.25) is 23.4 Å². The van der Waals surface area contributed by atoms with E-state index in [4.69, 9.17) is 24.8 Å². The number of carboxylic acids is 1. The maximum absolute atomic E-state index is 12.6. The standard InChI is InChI=1S/C50H76NO11P/c1-3-5-7-9-11-13-15-17-18-19-20-21-22-24-26-28-30-32-36-40-48(53)59-42-46(43-60-63(57,58)61-44-47(51)50(55)56)62-49(54)41-37-33-35-39-45(52)38-34-31-29-27-25-23-16-14-12-10-8-6-4-2/h6,8,11-14,17-18,20-21,23-26,29-35,38,45-47,52H,3-5,7,9-10,15-16,19,22,27-28,36-37,39-44,51H2,1-2H3,(H,55,56)(H,57,58)/b8-6-,13-11-,14-12-,18-17-,21-20-,25-23-,26-24-,31-29-,32-30-,35-33-,38-34-/t45?,46-,47+/m1/s1. The number of hydrogen-bond acceptors (Lipinski definition) is 10. The number of ether oxygens (including phenoxy) is 2. The number of aliphatic carboxylic acids is 1. The Morgan fingerprint density at radius 3 is 1.60 bits per heavy atom. The molecule has 0 heterocycles. The van der Waals surface area contributed by atoms with Crippen LogP contribution in [0, 0.1) is 0 Å². The molecule has 0 aromatic rings. The van der Waals surface area contributed by atoms with Crippen molar-refractivity contribution < 1.29 is 52.6 Å². The van der Waals surface area contributed by atoms with E-state index in [1.54, 1.807) is 24.3 Å². The number of unbranched alkanes of at least 4 members (excludes halogenated alkanes) is 3. The molecule has 0 amide bonds. The summed E-state index contributed by atoms with van der Waals surface area (Å²) in [7, 11) is -4.79. The first-order valence-corrected chi connectivity index (χ1v) is 23.8. The third kappa shape index (κ3) is 42.6. The Morgan fingerprint density at radius 1 is 0.587 bits per heavy atom. The molecule has 5 N–H and O–H groups in total. The fraction of sp³-hybridized carbons (Fsp3) is 0.500. The summed E-state index contributed by atoms with van der Waals surface area (Å²) in [5, 5.41) is 19.1. The summed E-state index contributed by atoms with van der Waals surface area (Å²) in [5.41, 5.74) is 5.32. The van der Waals surface area contributed by atoms with E-state index in [9.17, 15) is 28.9 Å². The highest BCUT2D eigenvalue weighted by Gasteiger charge is 2.28. The number of aliphatic hydroxyl groups is 1. The van der Waals surface area contributed by atoms with Gasteiger partial charge in [0.2, 0.25) is 0 Å². The molecular weight excluding hydrogens is 822 g/mol. The Labute approximate surface area is 377 Å². The maximum atomic E-state index is 12.6. The second-order valence-electron chi connectivity index (χ2n) is 14.3. The van der Waals surface area contributed by atoms with Crippen LogP contribution in [0.3, 0.4) is 0 Å². The molecule has 0 aliphatic rings. The van der Waals surface area contributed by atoms with Crippen LogP contribution in [0.15, 0.2) is 134 Å². The van der Waals surface area contributed by atoms with Crippen LogP contribution in [-0.2, 0) is 37.5 Å². The minimum Gasteiger partial charge on any atom is -0.480 e. The molecule has 12 nitrogen and oxygen atoms in total. The number of phosphoric acid groups is 1. The molecule has 0 rings (SSSR count). The van der Waals surface area contributed by atoms with Crippen molar-refractivity contribution in [2.75, 3.05) is 19.8 Å². The van der Waals surface area contributed by atoms with Crippen molar-refractivity contribution in [2.45, 2.75) is 141 Å². The number of nitrogens with two attached hydrogens (primary N) is 1. The number of aliphatic hydroxyl groups excluding tert-OH is 1. The zero-order valence-electron chi connectivity index (χ0n) is 37.7. The lowest BCUT2D eigenvalue weighted by Gasteiger charge is -2.20. The van der Waals surface area contributed by atoms with Crippen LogP contribution in [0.25, 0.3) is 0 Å². The van der Waals surface area contributed by atoms with Crippen LogP contribution in [0.5, 0.6) is 0 Å². The summed E-state index contributed by atoms with van der Waals surface area (Å²) in [6.07, 6.45) is 55.6. The smallest absolute Gasteiger partial charge is 0.472 e. The SMILES string of the molecule is CC/C=C\C/C=C\C/C=C\C/C=C\C=C/C(O)C/C=C\CCC(=O)O[C@H](COC(=O)CC/C=C\C/C=C\C/C=C\C/C=C\C/C=C\CCCCC)COP(=O)(O)OC[C@H](N)C(=O)O. The molecule has 0 saturated carbocycles. The molecule has 13 heteroatoms. The minimum absolute atomic E-state index is 0.0522. The summed E-state index contributed by atoms with van der Waals surface area (Å²) < 4.78 is 32.5. The van der Waals surface area contributed by atoms with Crippen molar-refractivity contribution in [3.8, 4) is 0 Å². The fourth-order valence-electron chi connectivity index (χ4n) is 4.98. The summed E-state index contributed by atoms with van der Waals surface area (Å²) in [6, 6.07) is -1.57. The number of carboxylic acid groups (broad SMARTS) is 1. The van der Waals surface area contributed by atoms with E-state index in [-0.39, 0.29) is 19.3 Å². The summed E-state index contributed by atoms with van der Waals surface area (Å²) in [6.45, 7) is 2.38. The van der Waals surface area contributed by atoms with Gasteiger partial charge in [0.1, 0.15) is 12.6 Å². The molecule has 0 spiro atoms. The van der Waals surface area contributed by atoms with Crippen LogP contribution in [0.1, 0.15) is 123 Å². The van der Waals surface area contributed by atoms with Gasteiger partial charge >= 0.3 is 25.7 Å². The van der Waals surface area contributed by atoms with Crippen LogP contribution in [0.2, 0.25) is 0 Å². The third-order valence-electron chi connectivity index (χ3n) is 8.49. The largest absolute Gasteiger partial charge is 0.480 e. The van der Waals surface area contributed by atoms with E-state index in [1.165, 1.54) is 19.3 Å². The molecule has 0 aromatic carbocycles. The lowest BCUT2D eigenvalue weighted by Crippen LogP contribution is -2.34. The van der Waals surface area contributed by atoms with Gasteiger partial charge < -0.3 is 30.3 Å². The first kappa shape index (κ1) is 58.6. The Morgan fingerprint density at radius 2 is 1.06 bits per heavy atom. The van der Waals surface area contributed by atoms with Gasteiger partial charge in [-0.05, 0) is 83.5 Å². The monoisotopic (exact) mass is 898 g/mol. The molecule has 0 saturated heterocycles. The first-order chi connectivity index (χ1) is 30.5. The Balaban J connectivity index is 4.71. The second-order valence-corrected chi connectivity index (χ2v) is 15.7. The summed E-state index contributed by atoms with van der Waals surface area (Å²) in [4.78, 5) is 46.0. The van der Waals surface area contributed by atoms with E-state index < -0.39 is 63.8 Å². The van der Waals surface area contributed by atoms with Gasteiger partial charge in [0.25, 0.3) is 0 Å². The normalized spacial score (nSPS) is 15.4. The molecule has 0 aliphatic carbocycles. The van der Waals surface area contributed by atoms with Gasteiger partial charge in [-0.15, -0.1) is 0 Å². The molecule has 63 heavy (non-hydrogen) atoms. The van der Waals surface area contributed by atoms with Crippen molar-refractivity contribution in [1.29, 1.82) is 0 Å². The van der Waals surface area contributed by atoms with Crippen molar-refractivity contribution in [3.63, 3.8) is 0 Å². The summed E-state index contributed by atoms with van der Waals surface area (Å²) >= 11 is 0. The zero-order chi connectivity index (χ0) is 46.5. The third-order valence-corrected chi connectivity index (χ3v) is 9.44. The number of phosphoric ester groups is 1. The Hall–Kier alpha value is -4.42. The molecule has 0 radical (unpaired) electrons. The molecule has 0 aromatic heterocycles. The molecule has 4 atom stereocenters. The summed E-state index contributed by atoms with van der Waals surface area (Å²) in [5.74, 6) is -2.71. The van der Waals surface area contributed by atoms with Crippen molar-refractivity contribution in [1.82, 2.24) is 0 Å². The van der Waals surface area contributed by atoms with Crippen molar-refractivity contribution in [2.24, 2.45) is 5.73 Å². The second kappa shape index (κ2) is 42.9. The molecular formula is C50H76NO11P. The van der Waals surface area contributed by atoms with Crippen LogP contribution >= 0.6 is 7.82 Å². The number of rotatable bonds is 39. The predicted molar refractivity (Wildman–Crippen MR) is 255 cm³/mol. The number of carbonyl (C=O) groups excluding carboxylic acids is 2. The lowest BCUT2D eigenvalue weighted by molar-refractivity contribution is -0.161. The van der Waals surface area contributed by atoms with Gasteiger partial charge in [0.15, 0.2) is 6.10 Å². The highest BCUT2D eigenvalue weighted by atomic mass is 31.2. The number of allylic oxidation sites excluding steroid dienone is 20. The number of hydrogen-bond donors (Lipinski definition) is 4. The molecule has 352 valence electrons. The highest BCUT2D eigenvalue weighted by molar-refractivity contribution is 7.47. The van der Waals surface area contributed by atoms with Crippen molar-refractivity contribution in [3.05, 3.63) is 134 Å². The van der Waals surface area contributed by atoms with E-state index in [0.717, 1.165) is 51.4 Å². The zero-order valence-corrected chi connectivity index (χ0v) is 38.6. The Bertz CT molecular complexity index is 1590. The minimum atomic E-state index is -4.79. The van der Waals surface area contributed by atoms with E-state index in [2.05, 4.69) is 97.4 Å². The van der Waals surface area contributed by atoms with Gasteiger partial charge in [0, 0.05) is 12.8 Å². The molecule has 0 aliphatic heterocycles. The predicted octanol–water partition coefficient (Wildman–Crippen LogP) is 11.1. The first-order valence-electron chi connectivity index (χ1n) is 22.3. The lowest BCUT2D eigenvalue weighted by atomic mass is 10.2. The average Bonchev–Trinajstić information content (AvgIpc) is 3.26. The molecule has 0 fully saturated rings. The van der Waals surface area contributed by atoms with Crippen LogP contribution in [0.4, 0.5) is 0 Å². The topological polar surface area (TPSA) is 192 Å². The van der Waals surface area contributed by atoms with Crippen molar-refractivity contribution >= 4 is 25.7 Å². The van der Waals surface area contributed by atoms with Gasteiger partial charge in [-0.2, -0.15) is 0 Å².